The highest BCUT2D eigenvalue weighted by Gasteiger charge is 2.08. The normalized spacial score (nSPS) is 10.4. The standard InChI is InChI=1S/C10H10N4O2/c1-2-16-10(15)8(5-11)6-14-9-7-12-3-4-13-9/h3-4,6-7H,2H2,1H3,(H,13,14)/b8-6+. The lowest BCUT2D eigenvalue weighted by Crippen LogP contribution is -2.08. The van der Waals surface area contributed by atoms with E-state index >= 15 is 0 Å². The Balaban J connectivity index is 2.68. The molecule has 0 aliphatic rings. The average Bonchev–Trinajstić information content (AvgIpc) is 2.31. The predicted octanol–water partition coefficient (Wildman–Crippen LogP) is 0.859. The number of carbonyl (C=O) groups excluding carboxylic acids is 1. The molecule has 0 radical (unpaired) electrons. The van der Waals surface area contributed by atoms with Crippen LogP contribution in [0.5, 0.6) is 0 Å². The fourth-order valence-corrected chi connectivity index (χ4v) is 0.865. The molecule has 0 saturated carbocycles. The van der Waals surface area contributed by atoms with E-state index in [4.69, 9.17) is 5.26 Å². The van der Waals surface area contributed by atoms with Crippen molar-refractivity contribution >= 4 is 11.8 Å². The Morgan fingerprint density at radius 1 is 1.69 bits per heavy atom. The summed E-state index contributed by atoms with van der Waals surface area (Å²) >= 11 is 0. The van der Waals surface area contributed by atoms with Gasteiger partial charge in [-0.2, -0.15) is 5.26 Å². The Hall–Kier alpha value is -2.42. The van der Waals surface area contributed by atoms with E-state index in [0.29, 0.717) is 5.82 Å². The Labute approximate surface area is 92.6 Å². The van der Waals surface area contributed by atoms with Crippen molar-refractivity contribution in [1.82, 2.24) is 9.97 Å². The molecule has 0 aromatic carbocycles. The molecule has 0 unspecified atom stereocenters. The molecule has 0 atom stereocenters. The zero-order valence-electron chi connectivity index (χ0n) is 8.67. The zero-order valence-corrected chi connectivity index (χ0v) is 8.67. The number of carbonyl (C=O) groups is 1. The lowest BCUT2D eigenvalue weighted by Gasteiger charge is -2.00. The molecule has 0 aliphatic carbocycles. The molecule has 6 nitrogen and oxygen atoms in total. The van der Waals surface area contributed by atoms with Gasteiger partial charge in [-0.15, -0.1) is 0 Å². The van der Waals surface area contributed by atoms with Crippen molar-refractivity contribution in [2.45, 2.75) is 6.92 Å². The summed E-state index contributed by atoms with van der Waals surface area (Å²) in [7, 11) is 0. The second kappa shape index (κ2) is 6.14. The third-order valence-electron chi connectivity index (χ3n) is 1.54. The van der Waals surface area contributed by atoms with Gasteiger partial charge in [-0.05, 0) is 6.92 Å². The van der Waals surface area contributed by atoms with Crippen LogP contribution in [0.2, 0.25) is 0 Å². The van der Waals surface area contributed by atoms with Gasteiger partial charge in [0.25, 0.3) is 0 Å². The maximum Gasteiger partial charge on any atom is 0.350 e. The number of nitrogens with one attached hydrogen (secondary N) is 1. The Morgan fingerprint density at radius 2 is 2.50 bits per heavy atom. The van der Waals surface area contributed by atoms with Crippen molar-refractivity contribution in [3.05, 3.63) is 30.4 Å². The van der Waals surface area contributed by atoms with Crippen molar-refractivity contribution in [2.75, 3.05) is 11.9 Å². The molecule has 6 heteroatoms. The Bertz CT molecular complexity index is 422. The summed E-state index contributed by atoms with van der Waals surface area (Å²) in [4.78, 5) is 18.9. The molecule has 0 aliphatic heterocycles. The van der Waals surface area contributed by atoms with Crippen LogP contribution in [0.25, 0.3) is 0 Å². The van der Waals surface area contributed by atoms with E-state index in [9.17, 15) is 4.79 Å². The number of ether oxygens (including phenoxy) is 1. The largest absolute Gasteiger partial charge is 0.462 e. The van der Waals surface area contributed by atoms with Crippen LogP contribution in [0.3, 0.4) is 0 Å². The maximum absolute atomic E-state index is 11.2. The summed E-state index contributed by atoms with van der Waals surface area (Å²) in [6, 6.07) is 1.73. The van der Waals surface area contributed by atoms with E-state index in [-0.39, 0.29) is 12.2 Å². The molecule has 1 rings (SSSR count). The van der Waals surface area contributed by atoms with Gasteiger partial charge in [0, 0.05) is 18.6 Å². The zero-order chi connectivity index (χ0) is 11.8. The summed E-state index contributed by atoms with van der Waals surface area (Å²) in [6.07, 6.45) is 5.72. The van der Waals surface area contributed by atoms with Gasteiger partial charge in [0.15, 0.2) is 5.57 Å². The third kappa shape index (κ3) is 3.38. The summed E-state index contributed by atoms with van der Waals surface area (Å²) in [5.41, 5.74) is -0.118. The summed E-state index contributed by atoms with van der Waals surface area (Å²) in [5, 5.41) is 11.4. The lowest BCUT2D eigenvalue weighted by molar-refractivity contribution is -0.138. The van der Waals surface area contributed by atoms with Gasteiger partial charge in [-0.3, -0.25) is 4.98 Å². The molecular weight excluding hydrogens is 208 g/mol. The molecule has 1 aromatic heterocycles. The fraction of sp³-hybridized carbons (Fsp3) is 0.200. The van der Waals surface area contributed by atoms with Crippen molar-refractivity contribution in [3.8, 4) is 6.07 Å². The minimum atomic E-state index is -0.665. The van der Waals surface area contributed by atoms with Crippen LogP contribution < -0.4 is 5.32 Å². The van der Waals surface area contributed by atoms with E-state index in [0.717, 1.165) is 0 Å². The quantitative estimate of drug-likeness (QED) is 0.458. The number of nitrogens with zero attached hydrogens (tertiary/aromatic N) is 3. The third-order valence-corrected chi connectivity index (χ3v) is 1.54. The minimum absolute atomic E-state index is 0.118. The first-order valence-electron chi connectivity index (χ1n) is 4.58. The van der Waals surface area contributed by atoms with E-state index in [1.54, 1.807) is 13.0 Å². The highest BCUT2D eigenvalue weighted by atomic mass is 16.5. The van der Waals surface area contributed by atoms with Crippen LogP contribution in [-0.2, 0) is 9.53 Å². The van der Waals surface area contributed by atoms with Gasteiger partial charge in [-0.1, -0.05) is 0 Å². The number of rotatable bonds is 4. The van der Waals surface area contributed by atoms with Gasteiger partial charge in [0.2, 0.25) is 0 Å². The summed E-state index contributed by atoms with van der Waals surface area (Å²) < 4.78 is 4.68. The van der Waals surface area contributed by atoms with Crippen molar-refractivity contribution in [1.29, 1.82) is 5.26 Å². The molecule has 1 aromatic rings. The molecule has 1 heterocycles. The number of hydrogen-bond donors (Lipinski definition) is 1. The van der Waals surface area contributed by atoms with E-state index < -0.39 is 5.97 Å². The predicted molar refractivity (Wildman–Crippen MR) is 56.0 cm³/mol. The van der Waals surface area contributed by atoms with E-state index in [2.05, 4.69) is 20.0 Å². The topological polar surface area (TPSA) is 87.9 Å². The maximum atomic E-state index is 11.2. The van der Waals surface area contributed by atoms with E-state index in [1.165, 1.54) is 24.8 Å². The van der Waals surface area contributed by atoms with Gasteiger partial charge >= 0.3 is 5.97 Å². The fourth-order valence-electron chi connectivity index (χ4n) is 0.865. The molecule has 0 saturated heterocycles. The Kier molecular flexibility index (Phi) is 4.47. The van der Waals surface area contributed by atoms with Crippen LogP contribution in [0.4, 0.5) is 5.82 Å². The first kappa shape index (κ1) is 11.7. The van der Waals surface area contributed by atoms with Crippen molar-refractivity contribution in [2.24, 2.45) is 0 Å². The highest BCUT2D eigenvalue weighted by Crippen LogP contribution is 2.01. The number of aromatic nitrogens is 2. The smallest absolute Gasteiger partial charge is 0.350 e. The first-order chi connectivity index (χ1) is 7.77. The van der Waals surface area contributed by atoms with Gasteiger partial charge in [0.05, 0.1) is 12.8 Å². The molecule has 0 spiro atoms. The van der Waals surface area contributed by atoms with Crippen molar-refractivity contribution < 1.29 is 9.53 Å². The van der Waals surface area contributed by atoms with Crippen molar-refractivity contribution in [3.63, 3.8) is 0 Å². The monoisotopic (exact) mass is 218 g/mol. The lowest BCUT2D eigenvalue weighted by atomic mass is 10.3. The number of esters is 1. The van der Waals surface area contributed by atoms with E-state index in [1.807, 2.05) is 0 Å². The second-order valence-corrected chi connectivity index (χ2v) is 2.63. The van der Waals surface area contributed by atoms with Crippen LogP contribution in [0, 0.1) is 11.3 Å². The van der Waals surface area contributed by atoms with Crippen LogP contribution in [-0.4, -0.2) is 22.5 Å². The molecule has 0 fully saturated rings. The molecule has 82 valence electrons. The molecular formula is C10H10N4O2. The van der Waals surface area contributed by atoms with Crippen LogP contribution in [0.15, 0.2) is 30.4 Å². The number of anilines is 1. The number of hydrogen-bond acceptors (Lipinski definition) is 6. The highest BCUT2D eigenvalue weighted by molar-refractivity contribution is 5.93. The molecule has 16 heavy (non-hydrogen) atoms. The SMILES string of the molecule is CCOC(=O)/C(C#N)=C/Nc1cnccn1. The first-order valence-corrected chi connectivity index (χ1v) is 4.58. The average molecular weight is 218 g/mol. The number of nitriles is 1. The second-order valence-electron chi connectivity index (χ2n) is 2.63. The Morgan fingerprint density at radius 3 is 3.06 bits per heavy atom. The molecule has 1 N–H and O–H groups in total. The van der Waals surface area contributed by atoms with Gasteiger partial charge < -0.3 is 10.1 Å². The van der Waals surface area contributed by atoms with Gasteiger partial charge in [0.1, 0.15) is 11.9 Å². The minimum Gasteiger partial charge on any atom is -0.462 e. The molecule has 0 bridgehead atoms. The summed E-state index contributed by atoms with van der Waals surface area (Å²) in [6.45, 7) is 1.89. The van der Waals surface area contributed by atoms with Gasteiger partial charge in [-0.25, -0.2) is 9.78 Å². The van der Waals surface area contributed by atoms with Crippen LogP contribution in [0.1, 0.15) is 6.92 Å². The summed E-state index contributed by atoms with van der Waals surface area (Å²) in [5.74, 6) is -0.221. The van der Waals surface area contributed by atoms with Crippen LogP contribution >= 0.6 is 0 Å². The molecule has 0 amide bonds.